The summed E-state index contributed by atoms with van der Waals surface area (Å²) in [4.78, 5) is 43.4. The Hall–Kier alpha value is -3.43. The lowest BCUT2D eigenvalue weighted by molar-refractivity contribution is -0.126. The minimum Gasteiger partial charge on any atom is -0.444 e. The van der Waals surface area contributed by atoms with Crippen molar-refractivity contribution in [1.29, 1.82) is 0 Å². The first-order valence-corrected chi connectivity index (χ1v) is 11.2. The van der Waals surface area contributed by atoms with Crippen molar-refractivity contribution in [3.8, 4) is 5.82 Å². The zero-order valence-corrected chi connectivity index (χ0v) is 19.6. The van der Waals surface area contributed by atoms with Gasteiger partial charge in [-0.05, 0) is 52.7 Å². The smallest absolute Gasteiger partial charge is 0.407 e. The summed E-state index contributed by atoms with van der Waals surface area (Å²) in [6.45, 7) is 8.69. The molecule has 0 spiro atoms. The van der Waals surface area contributed by atoms with Crippen molar-refractivity contribution in [3.05, 3.63) is 41.9 Å². The van der Waals surface area contributed by atoms with Gasteiger partial charge in [0, 0.05) is 32.4 Å². The zero-order valence-electron chi connectivity index (χ0n) is 19.6. The molecule has 0 aromatic carbocycles. The van der Waals surface area contributed by atoms with E-state index in [9.17, 15) is 14.4 Å². The van der Waals surface area contributed by atoms with Crippen LogP contribution in [0.2, 0.25) is 0 Å². The van der Waals surface area contributed by atoms with Gasteiger partial charge in [-0.3, -0.25) is 9.59 Å². The van der Waals surface area contributed by atoms with Gasteiger partial charge in [-0.1, -0.05) is 6.07 Å². The van der Waals surface area contributed by atoms with Crippen LogP contribution in [0.3, 0.4) is 0 Å². The number of aromatic nitrogens is 3. The van der Waals surface area contributed by atoms with Crippen molar-refractivity contribution in [2.24, 2.45) is 5.92 Å². The molecule has 1 aliphatic heterocycles. The molecular formula is C23H32N6O4. The number of carbonyl (C=O) groups excluding carboxylic acids is 3. The lowest BCUT2D eigenvalue weighted by atomic mass is 9.96. The summed E-state index contributed by atoms with van der Waals surface area (Å²) in [5, 5.41) is 9.77. The molecule has 0 saturated carbocycles. The number of piperidine rings is 1. The Balaban J connectivity index is 1.52. The Morgan fingerprint density at radius 2 is 1.94 bits per heavy atom. The van der Waals surface area contributed by atoms with Gasteiger partial charge in [-0.15, -0.1) is 0 Å². The summed E-state index contributed by atoms with van der Waals surface area (Å²) >= 11 is 0. The van der Waals surface area contributed by atoms with Crippen LogP contribution in [0.25, 0.3) is 5.82 Å². The molecule has 1 saturated heterocycles. The van der Waals surface area contributed by atoms with E-state index < -0.39 is 11.7 Å². The molecule has 1 aliphatic rings. The SMILES string of the molecule is Cc1c(C(=O)N2CCCC(C(=O)NCCNC(=O)OC(C)(C)C)C2)cnn1-c1ccccn1. The van der Waals surface area contributed by atoms with Crippen molar-refractivity contribution >= 4 is 17.9 Å². The lowest BCUT2D eigenvalue weighted by Gasteiger charge is -2.32. The third kappa shape index (κ3) is 6.53. The standard InChI is InChI=1S/C23H32N6O4/c1-16-18(14-27-29(16)19-9-5-6-10-24-19)21(31)28-13-7-8-17(15-28)20(30)25-11-12-26-22(32)33-23(2,3)4/h5-6,9-10,14,17H,7-8,11-13,15H2,1-4H3,(H,25,30)(H,26,32). The largest absolute Gasteiger partial charge is 0.444 e. The Morgan fingerprint density at radius 1 is 1.18 bits per heavy atom. The van der Waals surface area contributed by atoms with Crippen LogP contribution in [-0.2, 0) is 9.53 Å². The normalized spacial score (nSPS) is 16.2. The maximum atomic E-state index is 13.1. The highest BCUT2D eigenvalue weighted by atomic mass is 16.6. The van der Waals surface area contributed by atoms with E-state index in [1.807, 2.05) is 25.1 Å². The maximum Gasteiger partial charge on any atom is 0.407 e. The molecule has 3 amide bonds. The fourth-order valence-electron chi connectivity index (χ4n) is 3.68. The molecule has 0 aliphatic carbocycles. The van der Waals surface area contributed by atoms with Crippen LogP contribution in [0.1, 0.15) is 49.7 Å². The number of hydrogen-bond donors (Lipinski definition) is 2. The number of likely N-dealkylation sites (tertiary alicyclic amines) is 1. The summed E-state index contributed by atoms with van der Waals surface area (Å²) in [6.07, 6.45) is 4.16. The van der Waals surface area contributed by atoms with Gasteiger partial charge in [0.2, 0.25) is 5.91 Å². The second kappa shape index (κ2) is 10.5. The number of nitrogens with one attached hydrogen (secondary N) is 2. The monoisotopic (exact) mass is 456 g/mol. The average Bonchev–Trinajstić information content (AvgIpc) is 3.16. The Morgan fingerprint density at radius 3 is 2.64 bits per heavy atom. The number of amides is 3. The van der Waals surface area contributed by atoms with Crippen LogP contribution in [0, 0.1) is 12.8 Å². The van der Waals surface area contributed by atoms with Crippen LogP contribution in [-0.4, -0.2) is 69.4 Å². The van der Waals surface area contributed by atoms with Gasteiger partial charge in [-0.25, -0.2) is 14.5 Å². The molecule has 33 heavy (non-hydrogen) atoms. The van der Waals surface area contributed by atoms with Gasteiger partial charge < -0.3 is 20.3 Å². The van der Waals surface area contributed by atoms with Crippen molar-refractivity contribution in [2.75, 3.05) is 26.2 Å². The number of nitrogens with zero attached hydrogens (tertiary/aromatic N) is 4. The van der Waals surface area contributed by atoms with Gasteiger partial charge in [0.05, 0.1) is 23.4 Å². The molecule has 2 aromatic rings. The average molecular weight is 457 g/mol. The molecule has 2 N–H and O–H groups in total. The minimum absolute atomic E-state index is 0.126. The zero-order chi connectivity index (χ0) is 24.0. The number of rotatable bonds is 6. The molecule has 0 bridgehead atoms. The van der Waals surface area contributed by atoms with Crippen molar-refractivity contribution < 1.29 is 19.1 Å². The first-order chi connectivity index (χ1) is 15.7. The van der Waals surface area contributed by atoms with Gasteiger partial charge in [0.1, 0.15) is 5.60 Å². The maximum absolute atomic E-state index is 13.1. The second-order valence-electron chi connectivity index (χ2n) is 9.05. The van der Waals surface area contributed by atoms with E-state index in [1.54, 1.807) is 42.7 Å². The third-order valence-electron chi connectivity index (χ3n) is 5.28. The first kappa shape index (κ1) is 24.2. The van der Waals surface area contributed by atoms with Crippen LogP contribution >= 0.6 is 0 Å². The van der Waals surface area contributed by atoms with E-state index in [0.29, 0.717) is 43.1 Å². The number of hydrogen-bond acceptors (Lipinski definition) is 6. The van der Waals surface area contributed by atoms with E-state index in [1.165, 1.54) is 0 Å². The lowest BCUT2D eigenvalue weighted by Crippen LogP contribution is -2.46. The molecule has 3 heterocycles. The number of carbonyl (C=O) groups is 3. The second-order valence-corrected chi connectivity index (χ2v) is 9.05. The van der Waals surface area contributed by atoms with Gasteiger partial charge >= 0.3 is 6.09 Å². The first-order valence-electron chi connectivity index (χ1n) is 11.2. The van der Waals surface area contributed by atoms with E-state index in [4.69, 9.17) is 4.74 Å². The number of ether oxygens (including phenoxy) is 1. The molecule has 10 heteroatoms. The highest BCUT2D eigenvalue weighted by molar-refractivity contribution is 5.95. The number of alkyl carbamates (subject to hydrolysis) is 1. The molecule has 2 aromatic heterocycles. The Bertz CT molecular complexity index is 983. The predicted octanol–water partition coefficient (Wildman–Crippen LogP) is 2.07. The summed E-state index contributed by atoms with van der Waals surface area (Å²) in [5.41, 5.74) is 0.638. The quantitative estimate of drug-likeness (QED) is 0.643. The summed E-state index contributed by atoms with van der Waals surface area (Å²) < 4.78 is 6.80. The number of pyridine rings is 1. The molecular weight excluding hydrogens is 424 g/mol. The topological polar surface area (TPSA) is 118 Å². The van der Waals surface area contributed by atoms with Crippen molar-refractivity contribution in [1.82, 2.24) is 30.3 Å². The molecule has 1 fully saturated rings. The molecule has 10 nitrogen and oxygen atoms in total. The van der Waals surface area contributed by atoms with E-state index in [0.717, 1.165) is 6.42 Å². The minimum atomic E-state index is -0.572. The molecule has 3 rings (SSSR count). The third-order valence-corrected chi connectivity index (χ3v) is 5.28. The van der Waals surface area contributed by atoms with Crippen LogP contribution in [0.4, 0.5) is 4.79 Å². The van der Waals surface area contributed by atoms with E-state index in [-0.39, 0.29) is 24.3 Å². The van der Waals surface area contributed by atoms with Crippen molar-refractivity contribution in [2.45, 2.75) is 46.1 Å². The highest BCUT2D eigenvalue weighted by Gasteiger charge is 2.30. The van der Waals surface area contributed by atoms with Gasteiger partial charge in [0.15, 0.2) is 5.82 Å². The van der Waals surface area contributed by atoms with Crippen LogP contribution < -0.4 is 10.6 Å². The van der Waals surface area contributed by atoms with Crippen LogP contribution in [0.5, 0.6) is 0 Å². The molecule has 1 unspecified atom stereocenters. The fourth-order valence-corrected chi connectivity index (χ4v) is 3.68. The fraction of sp³-hybridized carbons (Fsp3) is 0.522. The van der Waals surface area contributed by atoms with Crippen LogP contribution in [0.15, 0.2) is 30.6 Å². The predicted molar refractivity (Wildman–Crippen MR) is 122 cm³/mol. The Labute approximate surface area is 193 Å². The highest BCUT2D eigenvalue weighted by Crippen LogP contribution is 2.21. The van der Waals surface area contributed by atoms with Crippen molar-refractivity contribution in [3.63, 3.8) is 0 Å². The van der Waals surface area contributed by atoms with E-state index >= 15 is 0 Å². The molecule has 0 radical (unpaired) electrons. The Kier molecular flexibility index (Phi) is 7.67. The van der Waals surface area contributed by atoms with Gasteiger partial charge in [-0.2, -0.15) is 5.10 Å². The molecule has 1 atom stereocenters. The van der Waals surface area contributed by atoms with E-state index in [2.05, 4.69) is 20.7 Å². The summed E-state index contributed by atoms with van der Waals surface area (Å²) in [7, 11) is 0. The summed E-state index contributed by atoms with van der Waals surface area (Å²) in [5.74, 6) is 0.0819. The van der Waals surface area contributed by atoms with Gasteiger partial charge in [0.25, 0.3) is 5.91 Å². The molecule has 178 valence electrons. The summed E-state index contributed by atoms with van der Waals surface area (Å²) in [6, 6.07) is 5.51.